The molecule has 7 aromatic rings. The van der Waals surface area contributed by atoms with E-state index in [1.807, 2.05) is 0 Å². The molecule has 1 aromatic heterocycles. The molecule has 63 heavy (non-hydrogen) atoms. The number of rotatable bonds is 6. The Balaban J connectivity index is 0.965. The lowest BCUT2D eigenvalue weighted by Gasteiger charge is -2.43. The van der Waals surface area contributed by atoms with E-state index in [0.717, 1.165) is 44.9 Å². The van der Waals surface area contributed by atoms with Gasteiger partial charge in [-0.3, -0.25) is 0 Å². The monoisotopic (exact) mass is 812 g/mol. The van der Waals surface area contributed by atoms with E-state index in [0.29, 0.717) is 18.0 Å². The first-order valence-corrected chi connectivity index (χ1v) is 23.6. The van der Waals surface area contributed by atoms with Crippen molar-refractivity contribution < 1.29 is 0 Å². The molecule has 4 atom stereocenters. The Kier molecular flexibility index (Phi) is 8.65. The molecule has 0 amide bonds. The van der Waals surface area contributed by atoms with Gasteiger partial charge in [0.1, 0.15) is 0 Å². The van der Waals surface area contributed by atoms with E-state index >= 15 is 0 Å². The average Bonchev–Trinajstić information content (AvgIpc) is 3.99. The van der Waals surface area contributed by atoms with Gasteiger partial charge < -0.3 is 9.47 Å². The van der Waals surface area contributed by atoms with Crippen molar-refractivity contribution in [2.24, 2.45) is 5.92 Å². The highest BCUT2D eigenvalue weighted by atomic mass is 15.2. The first kappa shape index (κ1) is 37.0. The summed E-state index contributed by atoms with van der Waals surface area (Å²) in [6.07, 6.45) is 28.6. The molecule has 6 aliphatic rings. The molecule has 0 spiro atoms. The van der Waals surface area contributed by atoms with Crippen molar-refractivity contribution >= 4 is 27.5 Å². The van der Waals surface area contributed by atoms with E-state index in [2.05, 4.69) is 204 Å². The average molecular weight is 813 g/mol. The van der Waals surface area contributed by atoms with Crippen LogP contribution in [0.4, 0.5) is 5.69 Å². The zero-order chi connectivity index (χ0) is 41.5. The number of hydrogen-bond donors (Lipinski definition) is 0. The Morgan fingerprint density at radius 3 is 2.11 bits per heavy atom. The molecule has 0 saturated heterocycles. The summed E-state index contributed by atoms with van der Waals surface area (Å²) < 4.78 is 2.68. The summed E-state index contributed by atoms with van der Waals surface area (Å²) in [4.78, 5) is 2.79. The number of fused-ring (bicyclic) bond motifs is 8. The van der Waals surface area contributed by atoms with Crippen LogP contribution in [0.15, 0.2) is 217 Å². The van der Waals surface area contributed by atoms with E-state index in [9.17, 15) is 0 Å². The predicted molar refractivity (Wildman–Crippen MR) is 263 cm³/mol. The molecule has 0 radical (unpaired) electrons. The third-order valence-corrected chi connectivity index (χ3v) is 15.7. The lowest BCUT2D eigenvalue weighted by Crippen LogP contribution is -2.39. The lowest BCUT2D eigenvalue weighted by molar-refractivity contribution is 0.482. The molecule has 13 rings (SSSR count). The van der Waals surface area contributed by atoms with Crippen molar-refractivity contribution in [3.05, 3.63) is 233 Å². The first-order chi connectivity index (χ1) is 31.3. The van der Waals surface area contributed by atoms with Crippen molar-refractivity contribution in [2.45, 2.75) is 74.8 Å². The molecule has 1 aliphatic heterocycles. The van der Waals surface area contributed by atoms with Crippen LogP contribution in [-0.2, 0) is 5.41 Å². The molecule has 2 heteroatoms. The number of anilines is 1. The largest absolute Gasteiger partial charge is 0.341 e. The second-order valence-corrected chi connectivity index (χ2v) is 18.7. The van der Waals surface area contributed by atoms with Crippen LogP contribution in [0.1, 0.15) is 80.0 Å². The molecule has 0 bridgehead atoms. The molecule has 306 valence electrons. The molecule has 0 fully saturated rings. The Bertz CT molecular complexity index is 3100. The highest BCUT2D eigenvalue weighted by Crippen LogP contribution is 2.61. The van der Waals surface area contributed by atoms with E-state index in [1.165, 1.54) is 84.1 Å². The summed E-state index contributed by atoms with van der Waals surface area (Å²) in [6.45, 7) is 0. The summed E-state index contributed by atoms with van der Waals surface area (Å²) in [5, 5.41) is 2.83. The fourth-order valence-corrected chi connectivity index (χ4v) is 13.1. The van der Waals surface area contributed by atoms with Crippen molar-refractivity contribution in [2.75, 3.05) is 4.90 Å². The minimum absolute atomic E-state index is 0.257. The Hall–Kier alpha value is -6.64. The Morgan fingerprint density at radius 1 is 0.587 bits per heavy atom. The van der Waals surface area contributed by atoms with Gasteiger partial charge in [-0.15, -0.1) is 0 Å². The van der Waals surface area contributed by atoms with E-state index < -0.39 is 0 Å². The van der Waals surface area contributed by atoms with Crippen molar-refractivity contribution in [3.63, 3.8) is 0 Å². The molecule has 2 nitrogen and oxygen atoms in total. The summed E-state index contributed by atoms with van der Waals surface area (Å²) >= 11 is 0. The highest BCUT2D eigenvalue weighted by molar-refractivity contribution is 6.10. The third-order valence-electron chi connectivity index (χ3n) is 15.7. The van der Waals surface area contributed by atoms with Gasteiger partial charge in [0.2, 0.25) is 0 Å². The van der Waals surface area contributed by atoms with Crippen LogP contribution in [-0.4, -0.2) is 10.6 Å². The smallest absolute Gasteiger partial charge is 0.0636 e. The van der Waals surface area contributed by atoms with Crippen LogP contribution in [0.25, 0.3) is 44.1 Å². The summed E-state index contributed by atoms with van der Waals surface area (Å²) in [5.74, 6) is 0.565. The van der Waals surface area contributed by atoms with E-state index in [1.54, 1.807) is 11.1 Å². The number of hydrogen-bond acceptors (Lipinski definition) is 1. The maximum Gasteiger partial charge on any atom is 0.0636 e. The fourth-order valence-electron chi connectivity index (χ4n) is 13.1. The summed E-state index contributed by atoms with van der Waals surface area (Å²) in [6, 6.07) is 56.1. The number of nitrogens with zero attached hydrogens (tertiary/aromatic N) is 2. The SMILES string of the molecule is C1=CCCC(C2(C3=CC4C5=C(C[C@@H](c6cccc7c6c6ccccc6n7[C@@H]6CC=CCC6)C=C5)N(c5ccc(-c6ccccc6)cc5)[C@@H]4CC3)c3ccccc3-c3ccccc32)=C1. The number of benzene rings is 6. The van der Waals surface area contributed by atoms with Gasteiger partial charge in [-0.25, -0.2) is 0 Å². The lowest BCUT2D eigenvalue weighted by atomic mass is 9.61. The summed E-state index contributed by atoms with van der Waals surface area (Å²) in [7, 11) is 0. The van der Waals surface area contributed by atoms with Crippen LogP contribution in [0.3, 0.4) is 0 Å². The van der Waals surface area contributed by atoms with Gasteiger partial charge in [0.05, 0.1) is 5.41 Å². The van der Waals surface area contributed by atoms with Crippen LogP contribution in [0.5, 0.6) is 0 Å². The van der Waals surface area contributed by atoms with Gasteiger partial charge in [0, 0.05) is 57.1 Å². The van der Waals surface area contributed by atoms with Gasteiger partial charge in [-0.1, -0.05) is 181 Å². The van der Waals surface area contributed by atoms with Gasteiger partial charge in [0.15, 0.2) is 0 Å². The topological polar surface area (TPSA) is 8.17 Å². The Morgan fingerprint density at radius 2 is 1.33 bits per heavy atom. The maximum absolute atomic E-state index is 2.79. The summed E-state index contributed by atoms with van der Waals surface area (Å²) in [5.41, 5.74) is 19.7. The highest BCUT2D eigenvalue weighted by Gasteiger charge is 2.51. The molecular formula is C61H52N2. The molecule has 1 unspecified atom stereocenters. The molecule has 5 aliphatic carbocycles. The zero-order valence-corrected chi connectivity index (χ0v) is 35.8. The van der Waals surface area contributed by atoms with Crippen LogP contribution < -0.4 is 4.90 Å². The van der Waals surface area contributed by atoms with Gasteiger partial charge >= 0.3 is 0 Å². The number of aromatic nitrogens is 1. The van der Waals surface area contributed by atoms with Crippen LogP contribution in [0.2, 0.25) is 0 Å². The predicted octanol–water partition coefficient (Wildman–Crippen LogP) is 15.5. The van der Waals surface area contributed by atoms with Gasteiger partial charge in [-0.05, 0) is 120 Å². The normalized spacial score (nSPS) is 23.1. The van der Waals surface area contributed by atoms with E-state index in [-0.39, 0.29) is 11.3 Å². The van der Waals surface area contributed by atoms with Gasteiger partial charge in [0.25, 0.3) is 0 Å². The second kappa shape index (κ2) is 14.7. The third kappa shape index (κ3) is 5.56. The molecule has 6 aromatic carbocycles. The second-order valence-electron chi connectivity index (χ2n) is 18.7. The molecule has 0 saturated carbocycles. The molecule has 2 heterocycles. The Labute approximate surface area is 371 Å². The quantitative estimate of drug-likeness (QED) is 0.152. The standard InChI is InChI=1S/C61H52N2/c1-4-17-41(18-5-1)42-31-35-47(36-32-42)63-57-38-34-45(61(44-19-6-2-7-20-44)54-27-13-10-23-49(54)50-24-11-14-28-55(50)61)40-53(57)51-37-33-43(39-59(51)63)48-26-16-30-58-60(48)52-25-12-15-29-56(52)62(58)46-21-8-3-9-22-46/h1-6,8,10-19,23-33,35-37,40,43,46,53,57H,7,9,20-22,34,38-39H2/t43-,46+,53?,57+/m0/s1. The minimum Gasteiger partial charge on any atom is -0.341 e. The zero-order valence-electron chi connectivity index (χ0n) is 35.8. The number of para-hydroxylation sites is 1. The minimum atomic E-state index is -0.257. The van der Waals surface area contributed by atoms with Crippen molar-refractivity contribution in [3.8, 4) is 22.3 Å². The fraction of sp³-hybridized carbons (Fsp3) is 0.213. The van der Waals surface area contributed by atoms with Crippen LogP contribution >= 0.6 is 0 Å². The van der Waals surface area contributed by atoms with Crippen LogP contribution in [0, 0.1) is 5.92 Å². The number of allylic oxidation sites excluding steroid dienone is 10. The maximum atomic E-state index is 2.79. The first-order valence-electron chi connectivity index (χ1n) is 23.6. The van der Waals surface area contributed by atoms with E-state index in [4.69, 9.17) is 0 Å². The van der Waals surface area contributed by atoms with Crippen molar-refractivity contribution in [1.29, 1.82) is 0 Å². The molecule has 0 N–H and O–H groups in total. The van der Waals surface area contributed by atoms with Crippen molar-refractivity contribution in [1.82, 2.24) is 4.57 Å². The van der Waals surface area contributed by atoms with Gasteiger partial charge in [-0.2, -0.15) is 0 Å². The molecular weight excluding hydrogens is 761 g/mol.